The Morgan fingerprint density at radius 1 is 1.14 bits per heavy atom. The van der Waals surface area contributed by atoms with E-state index >= 15 is 0 Å². The highest BCUT2D eigenvalue weighted by molar-refractivity contribution is 5.44. The lowest BCUT2D eigenvalue weighted by molar-refractivity contribution is -0.0495. The van der Waals surface area contributed by atoms with E-state index in [0.29, 0.717) is 24.3 Å². The maximum Gasteiger partial charge on any atom is 0.248 e. The van der Waals surface area contributed by atoms with Crippen LogP contribution in [0.25, 0.3) is 0 Å². The molecule has 1 atom stereocenters. The van der Waals surface area contributed by atoms with Crippen LogP contribution in [-0.2, 0) is 0 Å². The minimum absolute atomic E-state index is 0.0247. The lowest BCUT2D eigenvalue weighted by Gasteiger charge is -2.34. The zero-order chi connectivity index (χ0) is 15.5. The molecule has 0 bridgehead atoms. The van der Waals surface area contributed by atoms with Crippen LogP contribution in [0.1, 0.15) is 37.3 Å². The molecule has 0 aromatic heterocycles. The molecule has 3 nitrogen and oxygen atoms in total. The van der Waals surface area contributed by atoms with Crippen LogP contribution < -0.4 is 14.8 Å². The molecule has 118 valence electrons. The first-order chi connectivity index (χ1) is 10.0. The number of alkyl halides is 2. The predicted molar refractivity (Wildman–Crippen MR) is 78.3 cm³/mol. The molecule has 1 aromatic carbocycles. The molecule has 0 amide bonds. The number of rotatable bonds is 5. The van der Waals surface area contributed by atoms with E-state index < -0.39 is 5.92 Å². The van der Waals surface area contributed by atoms with Crippen molar-refractivity contribution in [2.24, 2.45) is 5.92 Å². The van der Waals surface area contributed by atoms with Gasteiger partial charge in [0.25, 0.3) is 0 Å². The third-order valence-corrected chi connectivity index (χ3v) is 4.31. The van der Waals surface area contributed by atoms with Gasteiger partial charge in [-0.05, 0) is 43.5 Å². The van der Waals surface area contributed by atoms with Gasteiger partial charge in [0.2, 0.25) is 5.92 Å². The van der Waals surface area contributed by atoms with Crippen molar-refractivity contribution in [3.63, 3.8) is 0 Å². The van der Waals surface area contributed by atoms with Crippen LogP contribution >= 0.6 is 0 Å². The topological polar surface area (TPSA) is 30.5 Å². The molecule has 0 saturated heterocycles. The highest BCUT2D eigenvalue weighted by Gasteiger charge is 2.37. The Morgan fingerprint density at radius 2 is 1.76 bits per heavy atom. The Hall–Kier alpha value is -1.36. The summed E-state index contributed by atoms with van der Waals surface area (Å²) < 4.78 is 37.2. The van der Waals surface area contributed by atoms with Gasteiger partial charge in [-0.15, -0.1) is 0 Å². The second kappa shape index (κ2) is 6.60. The van der Waals surface area contributed by atoms with Gasteiger partial charge in [0, 0.05) is 18.9 Å². The van der Waals surface area contributed by atoms with Crippen LogP contribution in [0.3, 0.4) is 0 Å². The van der Waals surface area contributed by atoms with Gasteiger partial charge in [-0.25, -0.2) is 8.78 Å². The zero-order valence-corrected chi connectivity index (χ0v) is 12.8. The molecule has 0 radical (unpaired) electrons. The van der Waals surface area contributed by atoms with Crippen LogP contribution in [0.5, 0.6) is 11.5 Å². The predicted octanol–water partition coefficient (Wildman–Crippen LogP) is 3.79. The largest absolute Gasteiger partial charge is 0.493 e. The van der Waals surface area contributed by atoms with Crippen molar-refractivity contribution < 1.29 is 18.3 Å². The van der Waals surface area contributed by atoms with Crippen molar-refractivity contribution >= 4 is 0 Å². The highest BCUT2D eigenvalue weighted by atomic mass is 19.3. The average Bonchev–Trinajstić information content (AvgIpc) is 2.49. The Morgan fingerprint density at radius 3 is 2.29 bits per heavy atom. The molecule has 21 heavy (non-hydrogen) atoms. The minimum Gasteiger partial charge on any atom is -0.493 e. The zero-order valence-electron chi connectivity index (χ0n) is 12.8. The molecule has 1 saturated carbocycles. The maximum absolute atomic E-state index is 13.3. The van der Waals surface area contributed by atoms with E-state index in [4.69, 9.17) is 9.47 Å². The molecule has 1 aromatic rings. The van der Waals surface area contributed by atoms with Crippen molar-refractivity contribution in [1.82, 2.24) is 5.32 Å². The summed E-state index contributed by atoms with van der Waals surface area (Å²) in [6.45, 7) is 0. The van der Waals surface area contributed by atoms with Crippen molar-refractivity contribution in [2.45, 2.75) is 37.6 Å². The summed E-state index contributed by atoms with van der Waals surface area (Å²) in [5, 5.41) is 3.26. The van der Waals surface area contributed by atoms with Crippen LogP contribution in [0.15, 0.2) is 18.2 Å². The Kier molecular flexibility index (Phi) is 5.04. The van der Waals surface area contributed by atoms with Gasteiger partial charge in [0.05, 0.1) is 14.2 Å². The molecule has 2 rings (SSSR count). The molecule has 5 heteroatoms. The minimum atomic E-state index is -2.49. The van der Waals surface area contributed by atoms with E-state index in [2.05, 4.69) is 5.32 Å². The Bertz CT molecular complexity index is 469. The van der Waals surface area contributed by atoms with Gasteiger partial charge in [-0.3, -0.25) is 0 Å². The van der Waals surface area contributed by atoms with E-state index in [1.807, 2.05) is 25.2 Å². The molecule has 1 N–H and O–H groups in total. The van der Waals surface area contributed by atoms with Crippen LogP contribution in [0.4, 0.5) is 8.78 Å². The number of hydrogen-bond acceptors (Lipinski definition) is 3. The van der Waals surface area contributed by atoms with E-state index in [1.54, 1.807) is 14.2 Å². The van der Waals surface area contributed by atoms with Gasteiger partial charge < -0.3 is 14.8 Å². The summed E-state index contributed by atoms with van der Waals surface area (Å²) in [5.41, 5.74) is 1.05. The van der Waals surface area contributed by atoms with Gasteiger partial charge in [0.15, 0.2) is 11.5 Å². The first kappa shape index (κ1) is 16.0. The van der Waals surface area contributed by atoms with Crippen molar-refractivity contribution in [3.05, 3.63) is 23.8 Å². The van der Waals surface area contributed by atoms with Crippen molar-refractivity contribution in [2.75, 3.05) is 21.3 Å². The van der Waals surface area contributed by atoms with Crippen LogP contribution in [-0.4, -0.2) is 27.2 Å². The highest BCUT2D eigenvalue weighted by Crippen LogP contribution is 2.42. The van der Waals surface area contributed by atoms with Gasteiger partial charge in [-0.2, -0.15) is 0 Å². The standard InChI is InChI=1S/C16H23F2NO2/c1-19-15(11-6-8-16(17,18)9-7-11)12-4-5-13(20-2)14(10-12)21-3/h4-5,10-11,15,19H,6-9H2,1-3H3. The van der Waals surface area contributed by atoms with E-state index in [1.165, 1.54) is 0 Å². The summed E-state index contributed by atoms with van der Waals surface area (Å²) in [7, 11) is 5.06. The fourth-order valence-electron chi connectivity index (χ4n) is 3.12. The summed E-state index contributed by atoms with van der Waals surface area (Å²) >= 11 is 0. The Labute approximate surface area is 124 Å². The van der Waals surface area contributed by atoms with Crippen LogP contribution in [0.2, 0.25) is 0 Å². The third kappa shape index (κ3) is 3.64. The van der Waals surface area contributed by atoms with Gasteiger partial charge in [0.1, 0.15) is 0 Å². The number of methoxy groups -OCH3 is 2. The fraction of sp³-hybridized carbons (Fsp3) is 0.625. The first-order valence-corrected chi connectivity index (χ1v) is 7.28. The number of hydrogen-bond donors (Lipinski definition) is 1. The first-order valence-electron chi connectivity index (χ1n) is 7.28. The molecule has 1 fully saturated rings. The SMILES string of the molecule is CNC(c1ccc(OC)c(OC)c1)C1CCC(F)(F)CC1. The summed E-state index contributed by atoms with van der Waals surface area (Å²) in [6, 6.07) is 5.80. The van der Waals surface area contributed by atoms with E-state index in [9.17, 15) is 8.78 Å². The number of nitrogens with one attached hydrogen (secondary N) is 1. The number of benzene rings is 1. The van der Waals surface area contributed by atoms with Crippen molar-refractivity contribution in [1.29, 1.82) is 0 Å². The van der Waals surface area contributed by atoms with Gasteiger partial charge in [-0.1, -0.05) is 6.07 Å². The fourth-order valence-corrected chi connectivity index (χ4v) is 3.12. The molecular formula is C16H23F2NO2. The molecule has 1 unspecified atom stereocenters. The third-order valence-electron chi connectivity index (χ3n) is 4.31. The quantitative estimate of drug-likeness (QED) is 0.897. The molecule has 0 spiro atoms. The van der Waals surface area contributed by atoms with E-state index in [-0.39, 0.29) is 24.8 Å². The van der Waals surface area contributed by atoms with Crippen LogP contribution in [0, 0.1) is 5.92 Å². The Balaban J connectivity index is 2.18. The van der Waals surface area contributed by atoms with E-state index in [0.717, 1.165) is 5.56 Å². The normalized spacial score (nSPS) is 20.0. The lowest BCUT2D eigenvalue weighted by Crippen LogP contribution is -2.32. The summed E-state index contributed by atoms with van der Waals surface area (Å²) in [4.78, 5) is 0. The summed E-state index contributed by atoms with van der Waals surface area (Å²) in [6.07, 6.45) is 1.02. The average molecular weight is 299 g/mol. The van der Waals surface area contributed by atoms with Gasteiger partial charge >= 0.3 is 0 Å². The maximum atomic E-state index is 13.3. The number of halogens is 2. The molecule has 1 aliphatic carbocycles. The number of ether oxygens (including phenoxy) is 2. The second-order valence-electron chi connectivity index (χ2n) is 5.57. The molecular weight excluding hydrogens is 276 g/mol. The lowest BCUT2D eigenvalue weighted by atomic mass is 9.79. The van der Waals surface area contributed by atoms with Crippen molar-refractivity contribution in [3.8, 4) is 11.5 Å². The summed E-state index contributed by atoms with van der Waals surface area (Å²) in [5.74, 6) is -0.942. The monoisotopic (exact) mass is 299 g/mol. The second-order valence-corrected chi connectivity index (χ2v) is 5.57. The molecule has 0 heterocycles. The molecule has 1 aliphatic rings. The smallest absolute Gasteiger partial charge is 0.248 e. The molecule has 0 aliphatic heterocycles.